The molecule has 0 aromatic rings. The predicted molar refractivity (Wildman–Crippen MR) is 30.9 cm³/mol. The van der Waals surface area contributed by atoms with Crippen LogP contribution in [0.3, 0.4) is 0 Å². The van der Waals surface area contributed by atoms with Crippen LogP contribution in [0, 0.1) is 0 Å². The van der Waals surface area contributed by atoms with Gasteiger partial charge in [0.15, 0.2) is 6.16 Å². The zero-order chi connectivity index (χ0) is 4.99. The second-order valence-corrected chi connectivity index (χ2v) is 2.49. The second-order valence-electron chi connectivity index (χ2n) is 0.832. The summed E-state index contributed by atoms with van der Waals surface area (Å²) in [6.07, 6.45) is 0.617. The maximum absolute atomic E-state index is 10.1. The molecule has 0 aliphatic rings. The van der Waals surface area contributed by atoms with Crippen molar-refractivity contribution >= 4 is 45.8 Å². The van der Waals surface area contributed by atoms with E-state index in [1.807, 2.05) is 6.92 Å². The van der Waals surface area contributed by atoms with E-state index >= 15 is 0 Å². The summed E-state index contributed by atoms with van der Waals surface area (Å²) in [4.78, 5) is 0. The van der Waals surface area contributed by atoms with Gasteiger partial charge < -0.3 is 0 Å². The van der Waals surface area contributed by atoms with Crippen molar-refractivity contribution in [1.82, 2.24) is 0 Å². The monoisotopic (exact) mass is 147 g/mol. The molecule has 0 fully saturated rings. The van der Waals surface area contributed by atoms with Crippen molar-refractivity contribution < 1.29 is 9.09 Å². The maximum Gasteiger partial charge on any atom is 0.507 e. The Morgan fingerprint density at radius 1 is 1.71 bits per heavy atom. The summed E-state index contributed by atoms with van der Waals surface area (Å²) in [5, 5.41) is 0. The van der Waals surface area contributed by atoms with Crippen LogP contribution in [0.25, 0.3) is 0 Å². The van der Waals surface area contributed by atoms with Gasteiger partial charge in [-0.1, -0.05) is 0 Å². The Morgan fingerprint density at radius 2 is 2.14 bits per heavy atom. The normalized spacial score (nSPS) is 9.71. The summed E-state index contributed by atoms with van der Waals surface area (Å²) in [6.45, 7) is 1.82. The minimum Gasteiger partial charge on any atom is -0.150 e. The minimum atomic E-state index is -1.33. The molecule has 0 spiro atoms. The first-order chi connectivity index (χ1) is 2.81. The zero-order valence-corrected chi connectivity index (χ0v) is 7.78. The van der Waals surface area contributed by atoms with Crippen molar-refractivity contribution in [2.24, 2.45) is 0 Å². The van der Waals surface area contributed by atoms with Crippen molar-refractivity contribution in [3.63, 3.8) is 0 Å². The molecule has 1 unspecified atom stereocenters. The number of hydrogen-bond acceptors (Lipinski definition) is 2. The van der Waals surface area contributed by atoms with Crippen LogP contribution in [0.5, 0.6) is 0 Å². The van der Waals surface area contributed by atoms with Gasteiger partial charge in [-0.2, -0.15) is 0 Å². The van der Waals surface area contributed by atoms with E-state index < -0.39 is 8.03 Å². The Bertz CT molecular complexity index is 50.9. The van der Waals surface area contributed by atoms with Gasteiger partial charge in [0.05, 0.1) is 7.11 Å². The van der Waals surface area contributed by atoms with Crippen molar-refractivity contribution in [2.45, 2.75) is 6.92 Å². The largest absolute Gasteiger partial charge is 0.507 e. The molecular formula is C3H8CaO2P+. The van der Waals surface area contributed by atoms with Gasteiger partial charge in [0.25, 0.3) is 0 Å². The first-order valence-corrected chi connectivity index (χ1v) is 3.16. The van der Waals surface area contributed by atoms with Crippen LogP contribution < -0.4 is 0 Å². The van der Waals surface area contributed by atoms with E-state index in [0.29, 0.717) is 6.16 Å². The number of rotatable bonds is 2. The van der Waals surface area contributed by atoms with Gasteiger partial charge in [0.2, 0.25) is 0 Å². The standard InChI is InChI=1S/C3H8O2P.Ca/c1-3-6(4)5-2;/h3H2,1-2H3;/q+1;. The molecular weight excluding hydrogens is 139 g/mol. The van der Waals surface area contributed by atoms with E-state index in [2.05, 4.69) is 4.52 Å². The molecule has 2 radical (unpaired) electrons. The van der Waals surface area contributed by atoms with E-state index in [4.69, 9.17) is 0 Å². The van der Waals surface area contributed by atoms with Gasteiger partial charge in [-0.3, -0.25) is 0 Å². The molecule has 0 aromatic carbocycles. The van der Waals surface area contributed by atoms with Crippen LogP contribution in [0.4, 0.5) is 0 Å². The second kappa shape index (κ2) is 7.32. The quantitative estimate of drug-likeness (QED) is 0.430. The van der Waals surface area contributed by atoms with Crippen LogP contribution in [0.1, 0.15) is 6.92 Å². The van der Waals surface area contributed by atoms with Crippen molar-refractivity contribution in [2.75, 3.05) is 13.3 Å². The minimum absolute atomic E-state index is 0. The molecule has 0 bridgehead atoms. The van der Waals surface area contributed by atoms with Crippen molar-refractivity contribution in [3.05, 3.63) is 0 Å². The van der Waals surface area contributed by atoms with Crippen LogP contribution in [0.2, 0.25) is 0 Å². The molecule has 0 heterocycles. The van der Waals surface area contributed by atoms with E-state index in [0.717, 1.165) is 0 Å². The molecule has 2 nitrogen and oxygen atoms in total. The van der Waals surface area contributed by atoms with Gasteiger partial charge in [0, 0.05) is 37.7 Å². The van der Waals surface area contributed by atoms with E-state index in [1.54, 1.807) is 0 Å². The van der Waals surface area contributed by atoms with Crippen LogP contribution in [-0.2, 0) is 9.09 Å². The Morgan fingerprint density at radius 3 is 2.14 bits per heavy atom. The Kier molecular flexibility index (Phi) is 11.7. The van der Waals surface area contributed by atoms with Gasteiger partial charge in [-0.25, -0.2) is 0 Å². The van der Waals surface area contributed by atoms with Crippen molar-refractivity contribution in [3.8, 4) is 0 Å². The Balaban J connectivity index is 0. The molecule has 7 heavy (non-hydrogen) atoms. The molecule has 38 valence electrons. The fraction of sp³-hybridized carbons (Fsp3) is 1.00. The Hall–Kier alpha value is 1.32. The van der Waals surface area contributed by atoms with Gasteiger partial charge in [-0.05, 0) is 11.5 Å². The van der Waals surface area contributed by atoms with E-state index in [-0.39, 0.29) is 37.7 Å². The third-order valence-electron chi connectivity index (χ3n) is 0.462. The molecule has 0 saturated heterocycles. The molecule has 0 N–H and O–H groups in total. The molecule has 4 heteroatoms. The van der Waals surface area contributed by atoms with Gasteiger partial charge in [-0.15, -0.1) is 4.52 Å². The topological polar surface area (TPSA) is 26.3 Å². The molecule has 0 aromatic heterocycles. The first-order valence-electron chi connectivity index (χ1n) is 1.80. The third kappa shape index (κ3) is 7.32. The summed E-state index contributed by atoms with van der Waals surface area (Å²) in [5.41, 5.74) is 0. The molecule has 0 aliphatic carbocycles. The third-order valence-corrected chi connectivity index (χ3v) is 1.39. The fourth-order valence-electron chi connectivity index (χ4n) is 0.129. The molecule has 0 rings (SSSR count). The zero-order valence-electron chi connectivity index (χ0n) is 4.68. The molecule has 0 saturated carbocycles. The molecule has 0 aliphatic heterocycles. The van der Waals surface area contributed by atoms with Crippen LogP contribution in [0.15, 0.2) is 0 Å². The van der Waals surface area contributed by atoms with E-state index in [1.165, 1.54) is 7.11 Å². The molecule has 1 atom stereocenters. The summed E-state index contributed by atoms with van der Waals surface area (Å²) >= 11 is 0. The van der Waals surface area contributed by atoms with Crippen molar-refractivity contribution in [1.29, 1.82) is 0 Å². The molecule has 0 amide bonds. The Labute approximate surface area is 74.5 Å². The first kappa shape index (κ1) is 11.2. The maximum atomic E-state index is 10.1. The summed E-state index contributed by atoms with van der Waals surface area (Å²) in [7, 11) is 0.120. The van der Waals surface area contributed by atoms with E-state index in [9.17, 15) is 4.57 Å². The van der Waals surface area contributed by atoms with Crippen LogP contribution >= 0.6 is 8.03 Å². The average Bonchev–Trinajstić information content (AvgIpc) is 1.65. The predicted octanol–water partition coefficient (Wildman–Crippen LogP) is 1.01. The fourth-order valence-corrected chi connectivity index (χ4v) is 0.387. The summed E-state index contributed by atoms with van der Waals surface area (Å²) in [5.74, 6) is 0. The van der Waals surface area contributed by atoms with Gasteiger partial charge in [0.1, 0.15) is 0 Å². The van der Waals surface area contributed by atoms with Gasteiger partial charge >= 0.3 is 8.03 Å². The average molecular weight is 147 g/mol. The SMILES string of the molecule is CC[P+](=O)OC.[Ca]. The smallest absolute Gasteiger partial charge is 0.150 e. The number of hydrogen-bond donors (Lipinski definition) is 0. The summed E-state index contributed by atoms with van der Waals surface area (Å²) < 4.78 is 14.5. The summed E-state index contributed by atoms with van der Waals surface area (Å²) in [6, 6.07) is 0. The van der Waals surface area contributed by atoms with Crippen LogP contribution in [-0.4, -0.2) is 51.0 Å².